The first-order valence-corrected chi connectivity index (χ1v) is 8.57. The van der Waals surface area contributed by atoms with Gasteiger partial charge in [0.2, 0.25) is 0 Å². The standard InChI is InChI=1S/C19H21NO8/c1-26-18(22)17(19(23)27-2)14(15-11-28-10-9-16(15)21)8-5-12-3-6-13(7-4-12)20(24)25/h3-8,14-15,17H,9-11H2,1-2H3/b8-5+/t14-,15-/m0/s1. The van der Waals surface area contributed by atoms with Gasteiger partial charge in [-0.25, -0.2) is 0 Å². The van der Waals surface area contributed by atoms with Crippen LogP contribution in [0.3, 0.4) is 0 Å². The van der Waals surface area contributed by atoms with Crippen LogP contribution in [0.5, 0.6) is 0 Å². The van der Waals surface area contributed by atoms with Crippen molar-refractivity contribution in [2.45, 2.75) is 6.42 Å². The molecule has 1 aliphatic heterocycles. The molecule has 2 rings (SSSR count). The van der Waals surface area contributed by atoms with Crippen LogP contribution in [-0.4, -0.2) is 50.1 Å². The summed E-state index contributed by atoms with van der Waals surface area (Å²) in [6, 6.07) is 5.72. The molecule has 0 bridgehead atoms. The fourth-order valence-electron chi connectivity index (χ4n) is 3.06. The van der Waals surface area contributed by atoms with E-state index in [0.717, 1.165) is 14.2 Å². The quantitative estimate of drug-likeness (QED) is 0.298. The van der Waals surface area contributed by atoms with Gasteiger partial charge in [-0.1, -0.05) is 12.2 Å². The third kappa shape index (κ3) is 5.01. The molecule has 1 heterocycles. The summed E-state index contributed by atoms with van der Waals surface area (Å²) < 4.78 is 14.8. The van der Waals surface area contributed by atoms with Crippen molar-refractivity contribution in [3.63, 3.8) is 0 Å². The minimum absolute atomic E-state index is 0.0634. The van der Waals surface area contributed by atoms with Crippen LogP contribution in [0.25, 0.3) is 6.08 Å². The highest BCUT2D eigenvalue weighted by Crippen LogP contribution is 2.30. The monoisotopic (exact) mass is 391 g/mol. The minimum Gasteiger partial charge on any atom is -0.468 e. The summed E-state index contributed by atoms with van der Waals surface area (Å²) >= 11 is 0. The number of rotatable bonds is 7. The van der Waals surface area contributed by atoms with E-state index in [2.05, 4.69) is 0 Å². The fourth-order valence-corrected chi connectivity index (χ4v) is 3.06. The van der Waals surface area contributed by atoms with Crippen LogP contribution in [0.1, 0.15) is 12.0 Å². The van der Waals surface area contributed by atoms with E-state index in [4.69, 9.17) is 14.2 Å². The first-order valence-electron chi connectivity index (χ1n) is 8.57. The Kier molecular flexibility index (Phi) is 7.39. The number of carbonyl (C=O) groups is 3. The number of allylic oxidation sites excluding steroid dienone is 1. The van der Waals surface area contributed by atoms with Crippen molar-refractivity contribution in [2.24, 2.45) is 17.8 Å². The van der Waals surface area contributed by atoms with Gasteiger partial charge in [-0.3, -0.25) is 24.5 Å². The second kappa shape index (κ2) is 9.75. The van der Waals surface area contributed by atoms with Crippen molar-refractivity contribution >= 4 is 29.5 Å². The van der Waals surface area contributed by atoms with Crippen LogP contribution < -0.4 is 0 Å². The third-order valence-corrected chi connectivity index (χ3v) is 4.58. The second-order valence-electron chi connectivity index (χ2n) is 6.21. The van der Waals surface area contributed by atoms with Crippen LogP contribution in [-0.2, 0) is 28.6 Å². The fraction of sp³-hybridized carbons (Fsp3) is 0.421. The summed E-state index contributed by atoms with van der Waals surface area (Å²) in [5.41, 5.74) is 0.541. The Balaban J connectivity index is 2.38. The van der Waals surface area contributed by atoms with Gasteiger partial charge in [0, 0.05) is 30.4 Å². The van der Waals surface area contributed by atoms with Gasteiger partial charge in [-0.2, -0.15) is 0 Å². The molecule has 0 unspecified atom stereocenters. The summed E-state index contributed by atoms with van der Waals surface area (Å²) in [6.45, 7) is 0.355. The van der Waals surface area contributed by atoms with Crippen molar-refractivity contribution < 1.29 is 33.5 Å². The lowest BCUT2D eigenvalue weighted by Crippen LogP contribution is -2.42. The number of hydrogen-bond acceptors (Lipinski definition) is 8. The van der Waals surface area contributed by atoms with E-state index in [9.17, 15) is 24.5 Å². The molecule has 1 fully saturated rings. The number of carbonyl (C=O) groups excluding carboxylic acids is 3. The van der Waals surface area contributed by atoms with Crippen LogP contribution in [0.4, 0.5) is 5.69 Å². The molecule has 0 aliphatic carbocycles. The molecule has 0 spiro atoms. The highest BCUT2D eigenvalue weighted by Gasteiger charge is 2.43. The van der Waals surface area contributed by atoms with Crippen LogP contribution >= 0.6 is 0 Å². The van der Waals surface area contributed by atoms with Gasteiger partial charge in [0.05, 0.1) is 32.4 Å². The number of benzene rings is 1. The first-order chi connectivity index (χ1) is 13.4. The topological polar surface area (TPSA) is 122 Å². The molecule has 0 N–H and O–H groups in total. The smallest absolute Gasteiger partial charge is 0.320 e. The normalized spacial score (nSPS) is 18.1. The lowest BCUT2D eigenvalue weighted by atomic mass is 9.77. The molecule has 0 amide bonds. The highest BCUT2D eigenvalue weighted by molar-refractivity contribution is 5.96. The number of esters is 2. The number of nitro benzene ring substituents is 1. The molecule has 2 atom stereocenters. The number of ketones is 1. The predicted molar refractivity (Wildman–Crippen MR) is 97.1 cm³/mol. The SMILES string of the molecule is COC(=O)C(C(=O)OC)[C@@H](/C=C/c1ccc([N+](=O)[O-])cc1)[C@@H]1COCCC1=O. The number of nitro groups is 1. The number of methoxy groups -OCH3 is 2. The molecule has 1 aromatic carbocycles. The van der Waals surface area contributed by atoms with Gasteiger partial charge in [-0.05, 0) is 17.7 Å². The number of non-ortho nitro benzene ring substituents is 1. The Morgan fingerprint density at radius 2 is 1.82 bits per heavy atom. The summed E-state index contributed by atoms with van der Waals surface area (Å²) in [6.07, 6.45) is 3.33. The van der Waals surface area contributed by atoms with Crippen LogP contribution in [0, 0.1) is 27.9 Å². The maximum atomic E-state index is 12.4. The van der Waals surface area contributed by atoms with E-state index in [1.165, 1.54) is 24.3 Å². The molecule has 28 heavy (non-hydrogen) atoms. The van der Waals surface area contributed by atoms with Crippen molar-refractivity contribution in [3.05, 3.63) is 46.0 Å². The molecule has 9 nitrogen and oxygen atoms in total. The number of Topliss-reactive ketones (excluding diaryl/α,β-unsaturated/α-hetero) is 1. The van der Waals surface area contributed by atoms with Crippen molar-refractivity contribution in [1.82, 2.24) is 0 Å². The zero-order valence-electron chi connectivity index (χ0n) is 15.5. The van der Waals surface area contributed by atoms with Crippen molar-refractivity contribution in [2.75, 3.05) is 27.4 Å². The number of ether oxygens (including phenoxy) is 3. The second-order valence-corrected chi connectivity index (χ2v) is 6.21. The van der Waals surface area contributed by atoms with Crippen molar-refractivity contribution in [3.8, 4) is 0 Å². The zero-order valence-corrected chi connectivity index (χ0v) is 15.5. The van der Waals surface area contributed by atoms with Crippen LogP contribution in [0.2, 0.25) is 0 Å². The average Bonchev–Trinajstić information content (AvgIpc) is 2.71. The minimum atomic E-state index is -1.33. The zero-order chi connectivity index (χ0) is 20.7. The van der Waals surface area contributed by atoms with Gasteiger partial charge in [0.1, 0.15) is 5.78 Å². The molecule has 1 aliphatic rings. The van der Waals surface area contributed by atoms with Gasteiger partial charge in [-0.15, -0.1) is 0 Å². The Hall–Kier alpha value is -3.07. The molecule has 150 valence electrons. The molecular formula is C19H21NO8. The van der Waals surface area contributed by atoms with E-state index < -0.39 is 34.6 Å². The Morgan fingerprint density at radius 3 is 2.32 bits per heavy atom. The van der Waals surface area contributed by atoms with E-state index in [1.54, 1.807) is 12.2 Å². The molecule has 0 radical (unpaired) electrons. The lowest BCUT2D eigenvalue weighted by Gasteiger charge is -2.30. The third-order valence-electron chi connectivity index (χ3n) is 4.58. The Labute approximate surface area is 161 Å². The van der Waals surface area contributed by atoms with Crippen LogP contribution in [0.15, 0.2) is 30.3 Å². The molecule has 9 heteroatoms. The Morgan fingerprint density at radius 1 is 1.21 bits per heavy atom. The maximum absolute atomic E-state index is 12.4. The number of hydrogen-bond donors (Lipinski definition) is 0. The van der Waals surface area contributed by atoms with Gasteiger partial charge >= 0.3 is 11.9 Å². The highest BCUT2D eigenvalue weighted by atomic mass is 16.6. The summed E-state index contributed by atoms with van der Waals surface area (Å²) in [4.78, 5) is 47.1. The van der Waals surface area contributed by atoms with E-state index >= 15 is 0 Å². The Bertz CT molecular complexity index is 755. The molecule has 1 aromatic rings. The maximum Gasteiger partial charge on any atom is 0.320 e. The van der Waals surface area contributed by atoms with E-state index in [-0.39, 0.29) is 31.1 Å². The van der Waals surface area contributed by atoms with E-state index in [0.29, 0.717) is 5.56 Å². The summed E-state index contributed by atoms with van der Waals surface area (Å²) in [5.74, 6) is -4.65. The molecule has 0 aromatic heterocycles. The molecule has 1 saturated heterocycles. The summed E-state index contributed by atoms with van der Waals surface area (Å²) in [5, 5.41) is 10.8. The van der Waals surface area contributed by atoms with Gasteiger partial charge in [0.25, 0.3) is 5.69 Å². The molecule has 0 saturated carbocycles. The number of nitrogens with zero attached hydrogens (tertiary/aromatic N) is 1. The van der Waals surface area contributed by atoms with Gasteiger partial charge < -0.3 is 14.2 Å². The largest absolute Gasteiger partial charge is 0.468 e. The average molecular weight is 391 g/mol. The van der Waals surface area contributed by atoms with Gasteiger partial charge in [0.15, 0.2) is 5.92 Å². The predicted octanol–water partition coefficient (Wildman–Crippen LogP) is 1.79. The first kappa shape index (κ1) is 21.2. The summed E-state index contributed by atoms with van der Waals surface area (Å²) in [7, 11) is 2.29. The van der Waals surface area contributed by atoms with E-state index in [1.807, 2.05) is 0 Å². The lowest BCUT2D eigenvalue weighted by molar-refractivity contribution is -0.384. The van der Waals surface area contributed by atoms with Crippen molar-refractivity contribution in [1.29, 1.82) is 0 Å². The molecular weight excluding hydrogens is 370 g/mol.